The molecule has 0 radical (unpaired) electrons. The van der Waals surface area contributed by atoms with E-state index in [-0.39, 0.29) is 29.3 Å². The van der Waals surface area contributed by atoms with Crippen molar-refractivity contribution in [3.63, 3.8) is 0 Å². The van der Waals surface area contributed by atoms with E-state index in [1.165, 1.54) is 24.3 Å². The van der Waals surface area contributed by atoms with E-state index in [1.54, 1.807) is 48.5 Å². The zero-order valence-electron chi connectivity index (χ0n) is 15.1. The Kier molecular flexibility index (Phi) is 6.21. The van der Waals surface area contributed by atoms with Crippen molar-refractivity contribution >= 4 is 40.5 Å². The van der Waals surface area contributed by atoms with E-state index in [0.29, 0.717) is 10.7 Å². The molecule has 2 amide bonds. The summed E-state index contributed by atoms with van der Waals surface area (Å²) in [6.07, 6.45) is 0.157. The number of hydrogen-bond donors (Lipinski definition) is 2. The standard InChI is InChI=1S/C21H16ClN3O4/c22-16-10-8-14(9-11-16)12-20(26)23-17-5-3-4-15(13-17)21(27)24-18-6-1-2-7-19(18)25(28)29/h1-11,13H,12H2,(H,23,26)(H,24,27). The summed E-state index contributed by atoms with van der Waals surface area (Å²) in [4.78, 5) is 35.2. The lowest BCUT2D eigenvalue weighted by atomic mass is 10.1. The van der Waals surface area contributed by atoms with Gasteiger partial charge >= 0.3 is 0 Å². The third kappa shape index (κ3) is 5.40. The molecule has 0 saturated heterocycles. The van der Waals surface area contributed by atoms with Gasteiger partial charge in [0.25, 0.3) is 11.6 Å². The minimum atomic E-state index is -0.566. The lowest BCUT2D eigenvalue weighted by molar-refractivity contribution is -0.383. The van der Waals surface area contributed by atoms with Crippen LogP contribution in [-0.2, 0) is 11.2 Å². The summed E-state index contributed by atoms with van der Waals surface area (Å²) in [5.41, 5.74) is 1.40. The summed E-state index contributed by atoms with van der Waals surface area (Å²) >= 11 is 5.83. The third-order valence-electron chi connectivity index (χ3n) is 4.04. The van der Waals surface area contributed by atoms with Crippen LogP contribution in [0, 0.1) is 10.1 Å². The molecule has 2 N–H and O–H groups in total. The molecule has 0 atom stereocenters. The first kappa shape index (κ1) is 20.0. The van der Waals surface area contributed by atoms with Gasteiger partial charge in [-0.25, -0.2) is 0 Å². The van der Waals surface area contributed by atoms with E-state index in [9.17, 15) is 19.7 Å². The van der Waals surface area contributed by atoms with Crippen LogP contribution < -0.4 is 10.6 Å². The number of nitro groups is 1. The highest BCUT2D eigenvalue weighted by Gasteiger charge is 2.16. The van der Waals surface area contributed by atoms with Crippen LogP contribution in [0.1, 0.15) is 15.9 Å². The van der Waals surface area contributed by atoms with Crippen LogP contribution in [0.2, 0.25) is 5.02 Å². The monoisotopic (exact) mass is 409 g/mol. The number of halogens is 1. The molecule has 0 aliphatic heterocycles. The van der Waals surface area contributed by atoms with Crippen LogP contribution >= 0.6 is 11.6 Å². The van der Waals surface area contributed by atoms with Crippen LogP contribution in [0.4, 0.5) is 17.1 Å². The van der Waals surface area contributed by atoms with Crippen molar-refractivity contribution in [1.29, 1.82) is 0 Å². The predicted octanol–water partition coefficient (Wildman–Crippen LogP) is 4.68. The van der Waals surface area contributed by atoms with Gasteiger partial charge in [0.2, 0.25) is 5.91 Å². The van der Waals surface area contributed by atoms with Crippen molar-refractivity contribution in [3.8, 4) is 0 Å². The molecule has 29 heavy (non-hydrogen) atoms. The number of para-hydroxylation sites is 2. The molecule has 3 rings (SSSR count). The summed E-state index contributed by atoms with van der Waals surface area (Å²) < 4.78 is 0. The highest BCUT2D eigenvalue weighted by molar-refractivity contribution is 6.30. The fourth-order valence-corrected chi connectivity index (χ4v) is 2.79. The quantitative estimate of drug-likeness (QED) is 0.455. The molecule has 0 aromatic heterocycles. The average Bonchev–Trinajstić information content (AvgIpc) is 2.70. The minimum absolute atomic E-state index is 0.0969. The number of benzene rings is 3. The molecule has 146 valence electrons. The second-order valence-corrected chi connectivity index (χ2v) is 6.60. The Labute approximate surface area is 171 Å². The van der Waals surface area contributed by atoms with Crippen molar-refractivity contribution < 1.29 is 14.5 Å². The van der Waals surface area contributed by atoms with Gasteiger partial charge in [-0.2, -0.15) is 0 Å². The predicted molar refractivity (Wildman–Crippen MR) is 111 cm³/mol. The number of rotatable bonds is 6. The maximum absolute atomic E-state index is 12.5. The number of nitrogens with one attached hydrogen (secondary N) is 2. The molecule has 7 nitrogen and oxygen atoms in total. The van der Waals surface area contributed by atoms with Gasteiger partial charge in [0.05, 0.1) is 11.3 Å². The van der Waals surface area contributed by atoms with Crippen molar-refractivity contribution in [2.75, 3.05) is 10.6 Å². The maximum Gasteiger partial charge on any atom is 0.292 e. The number of carbonyl (C=O) groups is 2. The average molecular weight is 410 g/mol. The Morgan fingerprint density at radius 1 is 0.931 bits per heavy atom. The van der Waals surface area contributed by atoms with Gasteiger partial charge in [0.15, 0.2) is 0 Å². The first-order valence-electron chi connectivity index (χ1n) is 8.61. The second-order valence-electron chi connectivity index (χ2n) is 6.16. The summed E-state index contributed by atoms with van der Waals surface area (Å²) in [5.74, 6) is -0.767. The first-order valence-corrected chi connectivity index (χ1v) is 8.99. The van der Waals surface area contributed by atoms with Crippen molar-refractivity contribution in [1.82, 2.24) is 0 Å². The van der Waals surface area contributed by atoms with E-state index in [2.05, 4.69) is 10.6 Å². The smallest absolute Gasteiger partial charge is 0.292 e. The Hall–Kier alpha value is -3.71. The topological polar surface area (TPSA) is 101 Å². The van der Waals surface area contributed by atoms with E-state index in [4.69, 9.17) is 11.6 Å². The molecule has 8 heteroatoms. The van der Waals surface area contributed by atoms with Gasteiger partial charge in [-0.05, 0) is 42.0 Å². The largest absolute Gasteiger partial charge is 0.326 e. The van der Waals surface area contributed by atoms with E-state index in [0.717, 1.165) is 5.56 Å². The molecule has 3 aromatic carbocycles. The number of nitro benzene ring substituents is 1. The summed E-state index contributed by atoms with van der Waals surface area (Å²) in [5, 5.41) is 16.9. The molecule has 0 heterocycles. The van der Waals surface area contributed by atoms with Gasteiger partial charge in [0.1, 0.15) is 5.69 Å². The number of hydrogen-bond acceptors (Lipinski definition) is 4. The van der Waals surface area contributed by atoms with Gasteiger partial charge in [-0.15, -0.1) is 0 Å². The van der Waals surface area contributed by atoms with Crippen molar-refractivity contribution in [3.05, 3.63) is 99.1 Å². The molecule has 0 bridgehead atoms. The van der Waals surface area contributed by atoms with E-state index in [1.807, 2.05) is 0 Å². The fourth-order valence-electron chi connectivity index (χ4n) is 2.66. The Morgan fingerprint density at radius 3 is 2.38 bits per heavy atom. The van der Waals surface area contributed by atoms with Crippen molar-refractivity contribution in [2.45, 2.75) is 6.42 Å². The van der Waals surface area contributed by atoms with E-state index < -0.39 is 10.8 Å². The van der Waals surface area contributed by atoms with Crippen LogP contribution in [-0.4, -0.2) is 16.7 Å². The Balaban J connectivity index is 1.69. The Bertz CT molecular complexity index is 1070. The zero-order chi connectivity index (χ0) is 20.8. The highest BCUT2D eigenvalue weighted by Crippen LogP contribution is 2.24. The lowest BCUT2D eigenvalue weighted by Crippen LogP contribution is -2.16. The molecular weight excluding hydrogens is 394 g/mol. The zero-order valence-corrected chi connectivity index (χ0v) is 15.8. The normalized spacial score (nSPS) is 10.2. The summed E-state index contributed by atoms with van der Waals surface area (Å²) in [6, 6.07) is 19.1. The summed E-state index contributed by atoms with van der Waals surface area (Å²) in [7, 11) is 0. The van der Waals surface area contributed by atoms with Gasteiger partial charge in [-0.1, -0.05) is 41.9 Å². The molecule has 0 unspecified atom stereocenters. The second kappa shape index (κ2) is 8.99. The lowest BCUT2D eigenvalue weighted by Gasteiger charge is -2.09. The third-order valence-corrected chi connectivity index (χ3v) is 4.29. The van der Waals surface area contributed by atoms with Crippen LogP contribution in [0.3, 0.4) is 0 Å². The van der Waals surface area contributed by atoms with Crippen LogP contribution in [0.25, 0.3) is 0 Å². The Morgan fingerprint density at radius 2 is 1.66 bits per heavy atom. The molecule has 0 aliphatic carbocycles. The van der Waals surface area contributed by atoms with Crippen LogP contribution in [0.15, 0.2) is 72.8 Å². The van der Waals surface area contributed by atoms with Gasteiger partial charge in [-0.3, -0.25) is 19.7 Å². The number of carbonyl (C=O) groups excluding carboxylic acids is 2. The maximum atomic E-state index is 12.5. The molecular formula is C21H16ClN3O4. The highest BCUT2D eigenvalue weighted by atomic mass is 35.5. The molecule has 0 fully saturated rings. The van der Waals surface area contributed by atoms with Gasteiger partial charge < -0.3 is 10.6 Å². The molecule has 0 spiro atoms. The molecule has 3 aromatic rings. The SMILES string of the molecule is O=C(Cc1ccc(Cl)cc1)Nc1cccc(C(=O)Nc2ccccc2[N+](=O)[O-])c1. The minimum Gasteiger partial charge on any atom is -0.326 e. The van der Waals surface area contributed by atoms with E-state index >= 15 is 0 Å². The molecule has 0 aliphatic rings. The number of amides is 2. The first-order chi connectivity index (χ1) is 13.9. The fraction of sp³-hybridized carbons (Fsp3) is 0.0476. The number of nitrogens with zero attached hydrogens (tertiary/aromatic N) is 1. The van der Waals surface area contributed by atoms with Gasteiger partial charge in [0, 0.05) is 22.3 Å². The summed E-state index contributed by atoms with van der Waals surface area (Å²) in [6.45, 7) is 0. The van der Waals surface area contributed by atoms with Crippen LogP contribution in [0.5, 0.6) is 0 Å². The number of anilines is 2. The van der Waals surface area contributed by atoms with Crippen molar-refractivity contribution in [2.24, 2.45) is 0 Å². The molecule has 0 saturated carbocycles.